The Morgan fingerprint density at radius 2 is 1.93 bits per heavy atom. The van der Waals surface area contributed by atoms with Gasteiger partial charge < -0.3 is 10.1 Å². The summed E-state index contributed by atoms with van der Waals surface area (Å²) in [5, 5.41) is 7.60. The van der Waals surface area contributed by atoms with Crippen LogP contribution in [0.4, 0.5) is 8.78 Å². The lowest BCUT2D eigenvalue weighted by Crippen LogP contribution is -2.41. The third-order valence-electron chi connectivity index (χ3n) is 5.51. The minimum absolute atomic E-state index is 0.0237. The van der Waals surface area contributed by atoms with Crippen LogP contribution in [0.1, 0.15) is 54.4 Å². The monoisotopic (exact) mass is 413 g/mol. The van der Waals surface area contributed by atoms with Crippen LogP contribution < -0.4 is 5.32 Å². The van der Waals surface area contributed by atoms with Crippen LogP contribution in [0, 0.1) is 18.6 Å². The van der Waals surface area contributed by atoms with Crippen molar-refractivity contribution in [2.45, 2.75) is 45.6 Å². The number of halogens is 2. The van der Waals surface area contributed by atoms with Crippen LogP contribution in [0.5, 0.6) is 0 Å². The number of benzene rings is 1. The smallest absolute Gasteiger partial charge is 0.253 e. The second kappa shape index (κ2) is 8.14. The zero-order chi connectivity index (χ0) is 21.4. The first-order valence-corrected chi connectivity index (χ1v) is 10.2. The van der Waals surface area contributed by atoms with Crippen LogP contribution >= 0.6 is 0 Å². The topological polar surface area (TPSA) is 55.6 Å². The zero-order valence-corrected chi connectivity index (χ0v) is 17.3. The number of amides is 1. The van der Waals surface area contributed by atoms with Crippen molar-refractivity contribution in [3.05, 3.63) is 58.9 Å². The molecule has 1 aliphatic heterocycles. The van der Waals surface area contributed by atoms with Crippen LogP contribution in [0.15, 0.2) is 30.3 Å². The number of pyridine rings is 1. The van der Waals surface area contributed by atoms with Crippen LogP contribution in [-0.2, 0) is 4.74 Å². The molecule has 0 bridgehead atoms. The highest BCUT2D eigenvalue weighted by molar-refractivity contribution is 5.97. The van der Waals surface area contributed by atoms with Gasteiger partial charge in [-0.2, -0.15) is 5.10 Å². The summed E-state index contributed by atoms with van der Waals surface area (Å²) < 4.78 is 36.1. The molecule has 1 aromatic carbocycles. The van der Waals surface area contributed by atoms with Crippen LogP contribution in [0.3, 0.4) is 0 Å². The summed E-state index contributed by atoms with van der Waals surface area (Å²) in [5.41, 5.74) is 2.58. The highest BCUT2D eigenvalue weighted by Crippen LogP contribution is 2.34. The summed E-state index contributed by atoms with van der Waals surface area (Å²) in [7, 11) is 0. The maximum atomic E-state index is 14.5. The van der Waals surface area contributed by atoms with E-state index in [0.29, 0.717) is 34.6 Å². The number of nitrogens with zero attached hydrogens (tertiary/aromatic N) is 2. The van der Waals surface area contributed by atoms with Crippen molar-refractivity contribution in [2.75, 3.05) is 13.2 Å². The number of aromatic nitrogens is 2. The summed E-state index contributed by atoms with van der Waals surface area (Å²) in [4.78, 5) is 13.0. The molecule has 0 spiro atoms. The number of carbonyl (C=O) groups excluding carboxylic acids is 1. The van der Waals surface area contributed by atoms with E-state index < -0.39 is 11.6 Å². The Kier molecular flexibility index (Phi) is 5.56. The first-order valence-electron chi connectivity index (χ1n) is 10.2. The normalized spacial score (nSPS) is 16.9. The van der Waals surface area contributed by atoms with E-state index in [0.717, 1.165) is 19.4 Å². The molecule has 1 saturated heterocycles. The average molecular weight is 413 g/mol. The van der Waals surface area contributed by atoms with Gasteiger partial charge in [0.2, 0.25) is 0 Å². The van der Waals surface area contributed by atoms with Crippen molar-refractivity contribution in [1.29, 1.82) is 0 Å². The Hall–Kier alpha value is -2.80. The molecule has 0 radical (unpaired) electrons. The number of fused-ring (bicyclic) bond motifs is 1. The fourth-order valence-corrected chi connectivity index (χ4v) is 4.16. The van der Waals surface area contributed by atoms with Gasteiger partial charge in [0.05, 0.1) is 40.7 Å². The van der Waals surface area contributed by atoms with Gasteiger partial charge in [0.15, 0.2) is 0 Å². The maximum Gasteiger partial charge on any atom is 0.253 e. The summed E-state index contributed by atoms with van der Waals surface area (Å²) in [6.45, 7) is 6.88. The lowest BCUT2D eigenvalue weighted by molar-refractivity contribution is 0.0623. The van der Waals surface area contributed by atoms with Gasteiger partial charge in [-0.25, -0.2) is 13.3 Å². The van der Waals surface area contributed by atoms with E-state index in [1.54, 1.807) is 23.6 Å². The molecule has 7 heteroatoms. The van der Waals surface area contributed by atoms with E-state index in [-0.39, 0.29) is 23.4 Å². The van der Waals surface area contributed by atoms with Crippen molar-refractivity contribution in [3.63, 3.8) is 0 Å². The molecule has 0 unspecified atom stereocenters. The van der Waals surface area contributed by atoms with E-state index >= 15 is 0 Å². The van der Waals surface area contributed by atoms with Gasteiger partial charge in [-0.15, -0.1) is 0 Å². The summed E-state index contributed by atoms with van der Waals surface area (Å²) in [6.07, 6.45) is 1.79. The van der Waals surface area contributed by atoms with Gasteiger partial charge in [0.1, 0.15) is 11.6 Å². The van der Waals surface area contributed by atoms with Crippen LogP contribution in [-0.4, -0.2) is 34.8 Å². The molecule has 1 amide bonds. The molecule has 1 fully saturated rings. The fraction of sp³-hybridized carbons (Fsp3) is 0.391. The van der Waals surface area contributed by atoms with E-state index in [2.05, 4.69) is 10.4 Å². The first-order chi connectivity index (χ1) is 14.4. The minimum atomic E-state index is -0.641. The Bertz CT molecular complexity index is 1080. The minimum Gasteiger partial charge on any atom is -0.379 e. The Labute approximate surface area is 174 Å². The largest absolute Gasteiger partial charge is 0.379 e. The molecule has 3 heterocycles. The highest BCUT2D eigenvalue weighted by Gasteiger charge is 2.25. The summed E-state index contributed by atoms with van der Waals surface area (Å²) >= 11 is 0. The number of ether oxygens (including phenoxy) is 1. The van der Waals surface area contributed by atoms with Crippen molar-refractivity contribution >= 4 is 11.4 Å². The maximum absolute atomic E-state index is 14.5. The molecule has 30 heavy (non-hydrogen) atoms. The molecule has 2 aromatic heterocycles. The van der Waals surface area contributed by atoms with Gasteiger partial charge in [-0.05, 0) is 49.9 Å². The molecule has 158 valence electrons. The number of hydrogen-bond acceptors (Lipinski definition) is 3. The van der Waals surface area contributed by atoms with Crippen LogP contribution in [0.25, 0.3) is 16.6 Å². The van der Waals surface area contributed by atoms with Crippen molar-refractivity contribution < 1.29 is 18.3 Å². The van der Waals surface area contributed by atoms with Gasteiger partial charge >= 0.3 is 0 Å². The van der Waals surface area contributed by atoms with Gasteiger partial charge in [0.25, 0.3) is 5.91 Å². The first kappa shape index (κ1) is 20.5. The van der Waals surface area contributed by atoms with Gasteiger partial charge in [-0.3, -0.25) is 4.79 Å². The van der Waals surface area contributed by atoms with Crippen molar-refractivity contribution in [1.82, 2.24) is 14.9 Å². The molecule has 5 nitrogen and oxygen atoms in total. The number of carbonyl (C=O) groups is 1. The van der Waals surface area contributed by atoms with Crippen molar-refractivity contribution in [3.8, 4) is 11.1 Å². The van der Waals surface area contributed by atoms with E-state index in [1.165, 1.54) is 18.2 Å². The molecular weight excluding hydrogens is 388 g/mol. The third-order valence-corrected chi connectivity index (χ3v) is 5.51. The van der Waals surface area contributed by atoms with Crippen molar-refractivity contribution in [2.24, 2.45) is 0 Å². The van der Waals surface area contributed by atoms with Gasteiger partial charge in [-0.1, -0.05) is 19.9 Å². The molecule has 3 aromatic rings. The second-order valence-corrected chi connectivity index (χ2v) is 8.03. The summed E-state index contributed by atoms with van der Waals surface area (Å²) in [6, 6.07) is 7.21. The van der Waals surface area contributed by atoms with E-state index in [4.69, 9.17) is 4.74 Å². The molecular formula is C23H25F2N3O2. The molecule has 0 saturated carbocycles. The summed E-state index contributed by atoms with van der Waals surface area (Å²) in [5.74, 6) is -1.51. The zero-order valence-electron chi connectivity index (χ0n) is 17.3. The number of hydrogen-bond donors (Lipinski definition) is 1. The Morgan fingerprint density at radius 1 is 1.20 bits per heavy atom. The number of rotatable bonds is 4. The lowest BCUT2D eigenvalue weighted by Gasteiger charge is -2.24. The third kappa shape index (κ3) is 3.58. The quantitative estimate of drug-likeness (QED) is 0.679. The molecule has 4 rings (SSSR count). The SMILES string of the molecule is Cc1nn2c(C(C)C)c(C(=O)N[C@H]3CCCOC3)ccc2c1-c1c(F)cccc1F. The van der Waals surface area contributed by atoms with Crippen LogP contribution in [0.2, 0.25) is 0 Å². The molecule has 0 aliphatic carbocycles. The predicted octanol–water partition coefficient (Wildman–Crippen LogP) is 4.62. The predicted molar refractivity (Wildman–Crippen MR) is 111 cm³/mol. The lowest BCUT2D eigenvalue weighted by atomic mass is 9.99. The molecule has 1 atom stereocenters. The fourth-order valence-electron chi connectivity index (χ4n) is 4.16. The molecule has 1 N–H and O–H groups in total. The molecule has 1 aliphatic rings. The number of aryl methyl sites for hydroxylation is 1. The Balaban J connectivity index is 1.84. The van der Waals surface area contributed by atoms with E-state index in [1.807, 2.05) is 13.8 Å². The highest BCUT2D eigenvalue weighted by atomic mass is 19.1. The number of nitrogens with one attached hydrogen (secondary N) is 1. The van der Waals surface area contributed by atoms with E-state index in [9.17, 15) is 13.6 Å². The Morgan fingerprint density at radius 3 is 2.57 bits per heavy atom. The second-order valence-electron chi connectivity index (χ2n) is 8.03. The standard InChI is InChI=1S/C23H25F2N3O2/c1-13(2)22-16(23(29)26-15-6-5-11-30-12-15)9-10-19-20(14(3)27-28(19)22)21-17(24)7-4-8-18(21)25/h4,7-10,13,15H,5-6,11-12H2,1-3H3,(H,26,29)/t15-/m0/s1. The average Bonchev–Trinajstić information content (AvgIpc) is 3.03. The van der Waals surface area contributed by atoms with Gasteiger partial charge in [0, 0.05) is 12.2 Å².